The zero-order chi connectivity index (χ0) is 17.6. The van der Waals surface area contributed by atoms with E-state index in [0.29, 0.717) is 11.8 Å². The van der Waals surface area contributed by atoms with Crippen LogP contribution in [0.25, 0.3) is 0 Å². The molecule has 1 saturated carbocycles. The second kappa shape index (κ2) is 8.52. The molecule has 1 aromatic carbocycles. The highest BCUT2D eigenvalue weighted by Crippen LogP contribution is 2.32. The zero-order valence-corrected chi connectivity index (χ0v) is 15.5. The summed E-state index contributed by atoms with van der Waals surface area (Å²) in [5, 5.41) is 6.54. The van der Waals surface area contributed by atoms with Gasteiger partial charge in [-0.05, 0) is 64.0 Å². The van der Waals surface area contributed by atoms with Crippen molar-refractivity contribution < 1.29 is 9.53 Å². The molecule has 4 nitrogen and oxygen atoms in total. The van der Waals surface area contributed by atoms with E-state index in [4.69, 9.17) is 4.74 Å². The molecule has 0 radical (unpaired) electrons. The lowest BCUT2D eigenvalue weighted by molar-refractivity contribution is 0.0497. The van der Waals surface area contributed by atoms with Crippen LogP contribution in [-0.2, 0) is 4.74 Å². The van der Waals surface area contributed by atoms with Gasteiger partial charge in [-0.3, -0.25) is 0 Å². The molecule has 2 unspecified atom stereocenters. The van der Waals surface area contributed by atoms with Crippen LogP contribution < -0.4 is 10.6 Å². The zero-order valence-electron chi connectivity index (χ0n) is 15.5. The first-order valence-corrected chi connectivity index (χ1v) is 9.10. The average Bonchev–Trinajstić information content (AvgIpc) is 3.34. The van der Waals surface area contributed by atoms with E-state index in [9.17, 15) is 4.79 Å². The van der Waals surface area contributed by atoms with Gasteiger partial charge in [0.2, 0.25) is 0 Å². The van der Waals surface area contributed by atoms with Crippen molar-refractivity contribution in [2.45, 2.75) is 64.5 Å². The summed E-state index contributed by atoms with van der Waals surface area (Å²) in [6, 6.07) is 10.8. The number of ether oxygens (including phenoxy) is 1. The van der Waals surface area contributed by atoms with Gasteiger partial charge >= 0.3 is 6.09 Å². The number of amides is 1. The van der Waals surface area contributed by atoms with Crippen molar-refractivity contribution in [3.05, 3.63) is 35.9 Å². The third kappa shape index (κ3) is 6.91. The quantitative estimate of drug-likeness (QED) is 0.706. The maximum absolute atomic E-state index is 12.0. The minimum Gasteiger partial charge on any atom is -0.444 e. The number of benzene rings is 1. The van der Waals surface area contributed by atoms with Crippen LogP contribution in [0.15, 0.2) is 30.3 Å². The maximum Gasteiger partial charge on any atom is 0.407 e. The topological polar surface area (TPSA) is 50.4 Å². The minimum atomic E-state index is -0.448. The van der Waals surface area contributed by atoms with E-state index in [1.807, 2.05) is 20.8 Å². The van der Waals surface area contributed by atoms with Crippen LogP contribution in [0.5, 0.6) is 0 Å². The van der Waals surface area contributed by atoms with Crippen LogP contribution in [0, 0.1) is 5.92 Å². The molecule has 0 aliphatic heterocycles. The Morgan fingerprint density at radius 1 is 1.25 bits per heavy atom. The second-order valence-corrected chi connectivity index (χ2v) is 7.89. The highest BCUT2D eigenvalue weighted by Gasteiger charge is 2.33. The number of carbonyl (C=O) groups excluding carboxylic acids is 1. The van der Waals surface area contributed by atoms with Gasteiger partial charge < -0.3 is 15.4 Å². The smallest absolute Gasteiger partial charge is 0.407 e. The summed E-state index contributed by atoms with van der Waals surface area (Å²) in [5.41, 5.74) is 0.932. The van der Waals surface area contributed by atoms with E-state index in [-0.39, 0.29) is 12.1 Å². The lowest BCUT2D eigenvalue weighted by atomic mass is 9.98. The van der Waals surface area contributed by atoms with Gasteiger partial charge in [-0.15, -0.1) is 0 Å². The Hall–Kier alpha value is -1.55. The Bertz CT molecular complexity index is 506. The number of nitrogens with one attached hydrogen (secondary N) is 2. The van der Waals surface area contributed by atoms with Gasteiger partial charge in [-0.1, -0.05) is 37.3 Å². The monoisotopic (exact) mass is 332 g/mol. The summed E-state index contributed by atoms with van der Waals surface area (Å²) < 4.78 is 5.37. The van der Waals surface area contributed by atoms with Crippen molar-refractivity contribution in [2.24, 2.45) is 5.92 Å². The van der Waals surface area contributed by atoms with Gasteiger partial charge in [-0.25, -0.2) is 4.79 Å². The van der Waals surface area contributed by atoms with Crippen molar-refractivity contribution in [3.8, 4) is 0 Å². The molecule has 1 aliphatic rings. The summed E-state index contributed by atoms with van der Waals surface area (Å²) in [6.07, 6.45) is 3.18. The predicted octanol–water partition coefficient (Wildman–Crippen LogP) is 4.07. The predicted molar refractivity (Wildman–Crippen MR) is 98.2 cm³/mol. The Kier molecular flexibility index (Phi) is 6.67. The molecule has 0 saturated heterocycles. The molecule has 0 heterocycles. The average molecular weight is 332 g/mol. The van der Waals surface area contributed by atoms with E-state index in [2.05, 4.69) is 47.9 Å². The molecule has 2 atom stereocenters. The third-order valence-corrected chi connectivity index (χ3v) is 4.38. The third-order valence-electron chi connectivity index (χ3n) is 4.38. The van der Waals surface area contributed by atoms with Crippen LogP contribution in [0.4, 0.5) is 4.79 Å². The van der Waals surface area contributed by atoms with Gasteiger partial charge in [0.25, 0.3) is 0 Å². The first kappa shape index (κ1) is 18.8. The fourth-order valence-electron chi connectivity index (χ4n) is 2.82. The summed E-state index contributed by atoms with van der Waals surface area (Å²) in [6.45, 7) is 9.70. The van der Waals surface area contributed by atoms with E-state index >= 15 is 0 Å². The lowest BCUT2D eigenvalue weighted by Gasteiger charge is -2.24. The molecule has 1 amide bonds. The molecule has 24 heavy (non-hydrogen) atoms. The van der Waals surface area contributed by atoms with Crippen molar-refractivity contribution in [2.75, 3.05) is 13.1 Å². The van der Waals surface area contributed by atoms with Crippen molar-refractivity contribution in [3.63, 3.8) is 0 Å². The highest BCUT2D eigenvalue weighted by atomic mass is 16.6. The summed E-state index contributed by atoms with van der Waals surface area (Å²) in [7, 11) is 0. The van der Waals surface area contributed by atoms with Crippen molar-refractivity contribution in [1.29, 1.82) is 0 Å². The van der Waals surface area contributed by atoms with E-state index in [1.165, 1.54) is 18.4 Å². The molecule has 0 bridgehead atoms. The minimum absolute atomic E-state index is 0.173. The first-order valence-electron chi connectivity index (χ1n) is 9.10. The molecular formula is C20H32N2O2. The van der Waals surface area contributed by atoms with Gasteiger partial charge in [0.05, 0.1) is 0 Å². The number of alkyl carbamates (subject to hydrolysis) is 1. The standard InChI is InChI=1S/C20H32N2O2/c1-15(16-8-6-5-7-9-16)12-13-21-14-18(17-10-11-17)22-19(23)24-20(2,3)4/h5-9,15,17-18,21H,10-14H2,1-4H3,(H,22,23). The van der Waals surface area contributed by atoms with Crippen LogP contribution in [0.2, 0.25) is 0 Å². The molecule has 2 rings (SSSR count). The largest absolute Gasteiger partial charge is 0.444 e. The van der Waals surface area contributed by atoms with Crippen LogP contribution in [-0.4, -0.2) is 30.8 Å². The molecule has 4 heteroatoms. The number of carbonyl (C=O) groups is 1. The number of rotatable bonds is 8. The van der Waals surface area contributed by atoms with E-state index in [1.54, 1.807) is 0 Å². The second-order valence-electron chi connectivity index (χ2n) is 7.89. The van der Waals surface area contributed by atoms with Crippen molar-refractivity contribution in [1.82, 2.24) is 10.6 Å². The molecule has 1 fully saturated rings. The SMILES string of the molecule is CC(CCNCC(NC(=O)OC(C)(C)C)C1CC1)c1ccccc1. The van der Waals surface area contributed by atoms with Crippen LogP contribution >= 0.6 is 0 Å². The Morgan fingerprint density at radius 2 is 1.92 bits per heavy atom. The van der Waals surface area contributed by atoms with Gasteiger partial charge in [0.1, 0.15) is 5.60 Å². The summed E-state index contributed by atoms with van der Waals surface area (Å²) in [4.78, 5) is 12.0. The first-order chi connectivity index (χ1) is 11.3. The van der Waals surface area contributed by atoms with Crippen LogP contribution in [0.3, 0.4) is 0 Å². The lowest BCUT2D eigenvalue weighted by Crippen LogP contribution is -2.45. The fourth-order valence-corrected chi connectivity index (χ4v) is 2.82. The number of hydrogen-bond donors (Lipinski definition) is 2. The molecule has 2 N–H and O–H groups in total. The van der Waals surface area contributed by atoms with Crippen molar-refractivity contribution >= 4 is 6.09 Å². The maximum atomic E-state index is 12.0. The number of hydrogen-bond acceptors (Lipinski definition) is 3. The summed E-state index contributed by atoms with van der Waals surface area (Å²) in [5.74, 6) is 1.13. The van der Waals surface area contributed by atoms with E-state index < -0.39 is 5.60 Å². The molecule has 0 aromatic heterocycles. The highest BCUT2D eigenvalue weighted by molar-refractivity contribution is 5.68. The van der Waals surface area contributed by atoms with Gasteiger partial charge in [0, 0.05) is 12.6 Å². The molecule has 1 aromatic rings. The Morgan fingerprint density at radius 3 is 2.50 bits per heavy atom. The van der Waals surface area contributed by atoms with Gasteiger partial charge in [0.15, 0.2) is 0 Å². The summed E-state index contributed by atoms with van der Waals surface area (Å²) >= 11 is 0. The Balaban J connectivity index is 1.69. The normalized spacial score (nSPS) is 17.2. The molecule has 0 spiro atoms. The molecule has 1 aliphatic carbocycles. The van der Waals surface area contributed by atoms with Gasteiger partial charge in [-0.2, -0.15) is 0 Å². The fraction of sp³-hybridized carbons (Fsp3) is 0.650. The Labute approximate surface area is 146 Å². The van der Waals surface area contributed by atoms with E-state index in [0.717, 1.165) is 19.5 Å². The molecular weight excluding hydrogens is 300 g/mol. The molecule has 134 valence electrons. The van der Waals surface area contributed by atoms with Crippen LogP contribution in [0.1, 0.15) is 58.4 Å².